The molecule has 2 aromatic rings. The molecule has 1 fully saturated rings. The van der Waals surface area contributed by atoms with Crippen LogP contribution in [0, 0.1) is 0 Å². The summed E-state index contributed by atoms with van der Waals surface area (Å²) in [6.07, 6.45) is 4.45. The average Bonchev–Trinajstić information content (AvgIpc) is 3.02. The minimum Gasteiger partial charge on any atom is -0.382 e. The summed E-state index contributed by atoms with van der Waals surface area (Å²) in [5.74, 6) is 0. The van der Waals surface area contributed by atoms with Crippen molar-refractivity contribution in [3.8, 4) is 0 Å². The number of benzene rings is 1. The number of pyridine rings is 1. The van der Waals surface area contributed by atoms with Gasteiger partial charge in [0.1, 0.15) is 0 Å². The highest BCUT2D eigenvalue weighted by Crippen LogP contribution is 2.26. The Morgan fingerprint density at radius 3 is 3.00 bits per heavy atom. The third kappa shape index (κ3) is 1.43. The number of aromatic nitrogens is 1. The zero-order valence-corrected chi connectivity index (χ0v) is 7.90. The molecule has 0 aliphatic heterocycles. The summed E-state index contributed by atoms with van der Waals surface area (Å²) < 4.78 is 0. The zero-order valence-electron chi connectivity index (χ0n) is 7.90. The second-order valence-electron chi connectivity index (χ2n) is 3.83. The van der Waals surface area contributed by atoms with E-state index in [4.69, 9.17) is 0 Å². The van der Waals surface area contributed by atoms with Crippen LogP contribution in [-0.2, 0) is 0 Å². The van der Waals surface area contributed by atoms with Gasteiger partial charge in [0.05, 0.1) is 5.52 Å². The molecular formula is C12H12N2. The van der Waals surface area contributed by atoms with Crippen molar-refractivity contribution in [1.29, 1.82) is 0 Å². The number of fused-ring (bicyclic) bond motifs is 1. The summed E-state index contributed by atoms with van der Waals surface area (Å²) >= 11 is 0. The van der Waals surface area contributed by atoms with Crippen LogP contribution in [0.3, 0.4) is 0 Å². The minimum atomic E-state index is 0.712. The monoisotopic (exact) mass is 184 g/mol. The van der Waals surface area contributed by atoms with E-state index in [-0.39, 0.29) is 0 Å². The lowest BCUT2D eigenvalue weighted by Gasteiger charge is -2.04. The van der Waals surface area contributed by atoms with Crippen LogP contribution in [-0.4, -0.2) is 11.0 Å². The molecule has 1 aliphatic carbocycles. The number of rotatable bonds is 2. The lowest BCUT2D eigenvalue weighted by atomic mass is 10.2. The highest BCUT2D eigenvalue weighted by atomic mass is 14.9. The predicted octanol–water partition coefficient (Wildman–Crippen LogP) is 2.81. The summed E-state index contributed by atoms with van der Waals surface area (Å²) in [4.78, 5) is 4.29. The molecule has 0 radical (unpaired) electrons. The third-order valence-corrected chi connectivity index (χ3v) is 2.55. The van der Waals surface area contributed by atoms with Crippen molar-refractivity contribution in [1.82, 2.24) is 4.98 Å². The van der Waals surface area contributed by atoms with Crippen LogP contribution in [0.25, 0.3) is 10.9 Å². The van der Waals surface area contributed by atoms with Crippen LogP contribution >= 0.6 is 0 Å². The smallest absolute Gasteiger partial charge is 0.0703 e. The maximum atomic E-state index is 4.29. The van der Waals surface area contributed by atoms with Crippen molar-refractivity contribution in [2.45, 2.75) is 18.9 Å². The molecule has 0 saturated heterocycles. The second-order valence-corrected chi connectivity index (χ2v) is 3.83. The van der Waals surface area contributed by atoms with Crippen molar-refractivity contribution in [2.24, 2.45) is 0 Å². The largest absolute Gasteiger partial charge is 0.382 e. The molecule has 0 atom stereocenters. The van der Waals surface area contributed by atoms with Gasteiger partial charge < -0.3 is 5.32 Å². The van der Waals surface area contributed by atoms with Gasteiger partial charge in [0.25, 0.3) is 0 Å². The first-order valence-electron chi connectivity index (χ1n) is 5.03. The van der Waals surface area contributed by atoms with Gasteiger partial charge in [-0.3, -0.25) is 4.98 Å². The molecule has 1 saturated carbocycles. The zero-order chi connectivity index (χ0) is 9.38. The van der Waals surface area contributed by atoms with Gasteiger partial charge in [-0.1, -0.05) is 6.07 Å². The van der Waals surface area contributed by atoms with Gasteiger partial charge in [-0.15, -0.1) is 0 Å². The maximum Gasteiger partial charge on any atom is 0.0703 e. The fourth-order valence-electron chi connectivity index (χ4n) is 1.63. The van der Waals surface area contributed by atoms with Crippen molar-refractivity contribution in [3.05, 3.63) is 36.5 Å². The van der Waals surface area contributed by atoms with Gasteiger partial charge in [-0.25, -0.2) is 0 Å². The van der Waals surface area contributed by atoms with E-state index in [9.17, 15) is 0 Å². The van der Waals surface area contributed by atoms with Crippen LogP contribution < -0.4 is 5.32 Å². The Labute approximate surface area is 83.0 Å². The molecule has 1 aromatic heterocycles. The molecule has 0 bridgehead atoms. The van der Waals surface area contributed by atoms with Gasteiger partial charge in [-0.05, 0) is 37.1 Å². The summed E-state index contributed by atoms with van der Waals surface area (Å²) in [5, 5.41) is 4.69. The van der Waals surface area contributed by atoms with E-state index >= 15 is 0 Å². The number of nitrogens with one attached hydrogen (secondary N) is 1. The molecule has 1 aromatic carbocycles. The SMILES string of the molecule is c1cnc2ccc(NC3CC3)cc2c1. The van der Waals surface area contributed by atoms with Crippen LogP contribution in [0.5, 0.6) is 0 Å². The summed E-state index contributed by atoms with van der Waals surface area (Å²) in [6, 6.07) is 11.1. The Morgan fingerprint density at radius 1 is 1.21 bits per heavy atom. The Hall–Kier alpha value is -1.57. The van der Waals surface area contributed by atoms with Crippen molar-refractivity contribution in [2.75, 3.05) is 5.32 Å². The Bertz CT molecular complexity index is 461. The second kappa shape index (κ2) is 2.98. The van der Waals surface area contributed by atoms with Gasteiger partial charge in [0.15, 0.2) is 0 Å². The molecular weight excluding hydrogens is 172 g/mol. The van der Waals surface area contributed by atoms with E-state index in [0.717, 1.165) is 5.52 Å². The molecule has 70 valence electrons. The van der Waals surface area contributed by atoms with E-state index in [0.29, 0.717) is 6.04 Å². The summed E-state index contributed by atoms with van der Waals surface area (Å²) in [6.45, 7) is 0. The van der Waals surface area contributed by atoms with Crippen molar-refractivity contribution in [3.63, 3.8) is 0 Å². The van der Waals surface area contributed by atoms with E-state index in [1.54, 1.807) is 0 Å². The van der Waals surface area contributed by atoms with E-state index in [1.807, 2.05) is 12.3 Å². The van der Waals surface area contributed by atoms with Crippen molar-refractivity contribution >= 4 is 16.6 Å². The standard InChI is InChI=1S/C12H12N2/c1-2-9-8-11(14-10-3-4-10)5-6-12(9)13-7-1/h1-2,5-8,10,14H,3-4H2. The lowest BCUT2D eigenvalue weighted by molar-refractivity contribution is 1.16. The first-order chi connectivity index (χ1) is 6.92. The fourth-order valence-corrected chi connectivity index (χ4v) is 1.63. The average molecular weight is 184 g/mol. The number of hydrogen-bond donors (Lipinski definition) is 1. The third-order valence-electron chi connectivity index (χ3n) is 2.55. The molecule has 0 amide bonds. The molecule has 0 unspecified atom stereocenters. The molecule has 1 N–H and O–H groups in total. The number of nitrogens with zero attached hydrogens (tertiary/aromatic N) is 1. The Kier molecular flexibility index (Phi) is 1.66. The molecule has 0 spiro atoms. The highest BCUT2D eigenvalue weighted by Gasteiger charge is 2.20. The lowest BCUT2D eigenvalue weighted by Crippen LogP contribution is -2.00. The molecule has 14 heavy (non-hydrogen) atoms. The fraction of sp³-hybridized carbons (Fsp3) is 0.250. The van der Waals surface area contributed by atoms with E-state index in [2.05, 4.69) is 34.6 Å². The summed E-state index contributed by atoms with van der Waals surface area (Å²) in [5.41, 5.74) is 2.28. The molecule has 2 nitrogen and oxygen atoms in total. The molecule has 2 heteroatoms. The van der Waals surface area contributed by atoms with E-state index < -0.39 is 0 Å². The quantitative estimate of drug-likeness (QED) is 0.776. The van der Waals surface area contributed by atoms with E-state index in [1.165, 1.54) is 23.9 Å². The Morgan fingerprint density at radius 2 is 2.14 bits per heavy atom. The summed E-state index contributed by atoms with van der Waals surface area (Å²) in [7, 11) is 0. The van der Waals surface area contributed by atoms with Crippen LogP contribution in [0.2, 0.25) is 0 Å². The van der Waals surface area contributed by atoms with Crippen molar-refractivity contribution < 1.29 is 0 Å². The van der Waals surface area contributed by atoms with Gasteiger partial charge in [-0.2, -0.15) is 0 Å². The number of hydrogen-bond acceptors (Lipinski definition) is 2. The molecule has 1 heterocycles. The normalized spacial score (nSPS) is 15.7. The van der Waals surface area contributed by atoms with Gasteiger partial charge in [0.2, 0.25) is 0 Å². The maximum absolute atomic E-state index is 4.29. The number of anilines is 1. The molecule has 3 rings (SSSR count). The van der Waals surface area contributed by atoms with Crippen LogP contribution in [0.15, 0.2) is 36.5 Å². The van der Waals surface area contributed by atoms with Crippen LogP contribution in [0.4, 0.5) is 5.69 Å². The first kappa shape index (κ1) is 7.80. The van der Waals surface area contributed by atoms with Crippen LogP contribution in [0.1, 0.15) is 12.8 Å². The minimum absolute atomic E-state index is 0.712. The van der Waals surface area contributed by atoms with Gasteiger partial charge >= 0.3 is 0 Å². The Balaban J connectivity index is 2.01. The predicted molar refractivity (Wildman–Crippen MR) is 58.4 cm³/mol. The molecule has 1 aliphatic rings. The van der Waals surface area contributed by atoms with Gasteiger partial charge in [0, 0.05) is 23.3 Å². The highest BCUT2D eigenvalue weighted by molar-refractivity contribution is 5.82. The first-order valence-corrected chi connectivity index (χ1v) is 5.03. The topological polar surface area (TPSA) is 24.9 Å².